The van der Waals surface area contributed by atoms with Gasteiger partial charge in [-0.15, -0.1) is 0 Å². The number of carbonyl (C=O) groups is 4. The zero-order valence-electron chi connectivity index (χ0n) is 25.3. The smallest absolute Gasteiger partial charge is 0.313 e. The van der Waals surface area contributed by atoms with Crippen LogP contribution in [-0.2, 0) is 23.9 Å². The molecule has 3 amide bonds. The van der Waals surface area contributed by atoms with Crippen LogP contribution in [0.2, 0.25) is 0 Å². The van der Waals surface area contributed by atoms with Gasteiger partial charge in [0.1, 0.15) is 12.1 Å². The predicted molar refractivity (Wildman–Crippen MR) is 163 cm³/mol. The van der Waals surface area contributed by atoms with Crippen LogP contribution in [0.25, 0.3) is 16.8 Å². The van der Waals surface area contributed by atoms with E-state index in [2.05, 4.69) is 27.6 Å². The molecular formula is C32H43N5O5. The maximum absolute atomic E-state index is 13.2. The number of aromatic nitrogens is 1. The zero-order chi connectivity index (χ0) is 31.0. The highest BCUT2D eigenvalue weighted by Crippen LogP contribution is 2.22. The third kappa shape index (κ3) is 8.25. The van der Waals surface area contributed by atoms with Crippen molar-refractivity contribution in [3.8, 4) is 0 Å². The number of amides is 3. The minimum Gasteiger partial charge on any atom is -0.452 e. The van der Waals surface area contributed by atoms with Crippen LogP contribution in [0.1, 0.15) is 71.7 Å². The van der Waals surface area contributed by atoms with Crippen molar-refractivity contribution in [2.24, 2.45) is 11.8 Å². The Balaban J connectivity index is 1.59. The van der Waals surface area contributed by atoms with Gasteiger partial charge in [-0.1, -0.05) is 44.7 Å². The van der Waals surface area contributed by atoms with Gasteiger partial charge in [0.25, 0.3) is 11.8 Å². The van der Waals surface area contributed by atoms with Crippen LogP contribution >= 0.6 is 0 Å². The molecule has 2 heterocycles. The summed E-state index contributed by atoms with van der Waals surface area (Å²) in [6.45, 7) is 14.7. The van der Waals surface area contributed by atoms with Gasteiger partial charge in [-0.25, -0.2) is 5.43 Å². The van der Waals surface area contributed by atoms with E-state index in [0.717, 1.165) is 22.0 Å². The lowest BCUT2D eigenvalue weighted by Crippen LogP contribution is -2.61. The molecule has 2 aromatic rings. The number of nitrogens with one attached hydrogen (secondary N) is 3. The molecule has 0 spiro atoms. The number of ether oxygens (including phenoxy) is 1. The Morgan fingerprint density at radius 2 is 1.83 bits per heavy atom. The molecule has 1 fully saturated rings. The largest absolute Gasteiger partial charge is 0.452 e. The van der Waals surface area contributed by atoms with Crippen LogP contribution in [0.15, 0.2) is 49.2 Å². The van der Waals surface area contributed by atoms with E-state index < -0.39 is 36.0 Å². The number of hydrazine groups is 1. The Kier molecular flexibility index (Phi) is 11.4. The van der Waals surface area contributed by atoms with E-state index in [9.17, 15) is 19.2 Å². The lowest BCUT2D eigenvalue weighted by Gasteiger charge is -2.35. The Morgan fingerprint density at radius 3 is 2.50 bits per heavy atom. The van der Waals surface area contributed by atoms with Crippen LogP contribution in [0.3, 0.4) is 0 Å². The number of hydrogen-bond donors (Lipinski definition) is 3. The maximum atomic E-state index is 13.2. The van der Waals surface area contributed by atoms with E-state index in [-0.39, 0.29) is 23.8 Å². The monoisotopic (exact) mass is 577 g/mol. The molecule has 3 N–H and O–H groups in total. The SMILES string of the molecule is C=Cc1cc2cc([C@@H](C)NC(=O)[C@@H]3CCCN(C(=O)[C@H](C)NC(=O)[C@@H](OC(=O)[C@H](C)/C=C/C)C(C)C)N3)ccc2cn1. The molecular weight excluding hydrogens is 534 g/mol. The number of benzene rings is 1. The van der Waals surface area contributed by atoms with Gasteiger partial charge in [0.15, 0.2) is 6.10 Å². The van der Waals surface area contributed by atoms with E-state index in [1.807, 2.05) is 31.2 Å². The lowest BCUT2D eigenvalue weighted by atomic mass is 10.0. The van der Waals surface area contributed by atoms with Gasteiger partial charge in [-0.2, -0.15) is 0 Å². The van der Waals surface area contributed by atoms with Crippen LogP contribution < -0.4 is 16.1 Å². The standard InChI is InChI=1S/C32H43N5O5/c1-8-11-20(5)32(41)42-28(19(3)4)30(39)35-22(7)31(40)37-15-10-12-27(36-37)29(38)34-21(6)23-13-14-24-18-33-26(9-2)17-25(24)16-23/h8-9,11,13-14,16-22,27-28,36H,2,10,12,15H2,1,3-7H3,(H,34,38)(H,35,39)/b11-8+/t20-,21-,22+,27+,28+/m1/s1. The molecule has 226 valence electrons. The summed E-state index contributed by atoms with van der Waals surface area (Å²) in [7, 11) is 0. The van der Waals surface area contributed by atoms with Gasteiger partial charge in [-0.3, -0.25) is 29.2 Å². The molecule has 0 unspecified atom stereocenters. The summed E-state index contributed by atoms with van der Waals surface area (Å²) >= 11 is 0. The summed E-state index contributed by atoms with van der Waals surface area (Å²) in [5.74, 6) is -2.44. The van der Waals surface area contributed by atoms with Crippen molar-refractivity contribution in [3.05, 3.63) is 60.5 Å². The minimum atomic E-state index is -1.04. The fourth-order valence-electron chi connectivity index (χ4n) is 4.77. The number of pyridine rings is 1. The fourth-order valence-corrected chi connectivity index (χ4v) is 4.77. The van der Waals surface area contributed by atoms with Crippen molar-refractivity contribution in [1.82, 2.24) is 26.1 Å². The van der Waals surface area contributed by atoms with Gasteiger partial charge in [0.2, 0.25) is 5.91 Å². The molecule has 1 aliphatic heterocycles. The van der Waals surface area contributed by atoms with E-state index >= 15 is 0 Å². The second-order valence-corrected chi connectivity index (χ2v) is 11.1. The third-order valence-electron chi connectivity index (χ3n) is 7.29. The molecule has 0 radical (unpaired) electrons. The lowest BCUT2D eigenvalue weighted by molar-refractivity contribution is -0.161. The van der Waals surface area contributed by atoms with E-state index in [0.29, 0.717) is 19.4 Å². The first-order valence-electron chi connectivity index (χ1n) is 14.5. The summed E-state index contributed by atoms with van der Waals surface area (Å²) in [5.41, 5.74) is 4.75. The van der Waals surface area contributed by atoms with E-state index in [1.165, 1.54) is 5.01 Å². The Labute approximate surface area is 247 Å². The molecule has 0 aliphatic carbocycles. The Hall–Kier alpha value is -4.05. The van der Waals surface area contributed by atoms with Gasteiger partial charge in [0, 0.05) is 18.1 Å². The first-order chi connectivity index (χ1) is 19.9. The molecule has 5 atom stereocenters. The summed E-state index contributed by atoms with van der Waals surface area (Å²) in [6.07, 6.45) is 7.06. The van der Waals surface area contributed by atoms with Gasteiger partial charge >= 0.3 is 5.97 Å². The van der Waals surface area contributed by atoms with Crippen molar-refractivity contribution < 1.29 is 23.9 Å². The molecule has 1 aromatic carbocycles. The highest BCUT2D eigenvalue weighted by Gasteiger charge is 2.34. The van der Waals surface area contributed by atoms with Crippen LogP contribution in [-0.4, -0.2) is 58.4 Å². The average Bonchev–Trinajstić information content (AvgIpc) is 2.98. The second-order valence-electron chi connectivity index (χ2n) is 11.1. The van der Waals surface area contributed by atoms with Crippen molar-refractivity contribution in [2.45, 2.75) is 78.6 Å². The number of rotatable bonds is 11. The Bertz CT molecular complexity index is 1340. The van der Waals surface area contributed by atoms with Gasteiger partial charge in [-0.05, 0) is 75.6 Å². The summed E-state index contributed by atoms with van der Waals surface area (Å²) in [6, 6.07) is 6.12. The topological polar surface area (TPSA) is 130 Å². The average molecular weight is 578 g/mol. The Morgan fingerprint density at radius 1 is 1.10 bits per heavy atom. The highest BCUT2D eigenvalue weighted by molar-refractivity contribution is 5.91. The van der Waals surface area contributed by atoms with Crippen molar-refractivity contribution in [3.63, 3.8) is 0 Å². The quantitative estimate of drug-likeness (QED) is 0.273. The predicted octanol–water partition coefficient (Wildman–Crippen LogP) is 3.84. The normalized spacial score (nSPS) is 18.3. The summed E-state index contributed by atoms with van der Waals surface area (Å²) < 4.78 is 5.47. The van der Waals surface area contributed by atoms with E-state index in [4.69, 9.17) is 4.74 Å². The first kappa shape index (κ1) is 32.5. The summed E-state index contributed by atoms with van der Waals surface area (Å²) in [5, 5.41) is 9.10. The minimum absolute atomic E-state index is 0.222. The molecule has 3 rings (SSSR count). The number of nitrogens with zero attached hydrogens (tertiary/aromatic N) is 2. The molecule has 1 saturated heterocycles. The third-order valence-corrected chi connectivity index (χ3v) is 7.29. The first-order valence-corrected chi connectivity index (χ1v) is 14.5. The van der Waals surface area contributed by atoms with Crippen molar-refractivity contribution in [1.29, 1.82) is 0 Å². The number of fused-ring (bicyclic) bond motifs is 1. The molecule has 1 aromatic heterocycles. The number of allylic oxidation sites excluding steroid dienone is 1. The molecule has 0 saturated carbocycles. The molecule has 0 bridgehead atoms. The molecule has 10 nitrogen and oxygen atoms in total. The van der Waals surface area contributed by atoms with Crippen LogP contribution in [0.5, 0.6) is 0 Å². The van der Waals surface area contributed by atoms with E-state index in [1.54, 1.807) is 59.0 Å². The highest BCUT2D eigenvalue weighted by atomic mass is 16.5. The zero-order valence-corrected chi connectivity index (χ0v) is 25.3. The van der Waals surface area contributed by atoms with Gasteiger partial charge in [0.05, 0.1) is 17.7 Å². The van der Waals surface area contributed by atoms with Crippen LogP contribution in [0, 0.1) is 11.8 Å². The van der Waals surface area contributed by atoms with Gasteiger partial charge < -0.3 is 15.4 Å². The maximum Gasteiger partial charge on any atom is 0.313 e. The second kappa shape index (κ2) is 14.7. The van der Waals surface area contributed by atoms with Crippen LogP contribution in [0.4, 0.5) is 0 Å². The number of esters is 1. The fraction of sp³-hybridized carbons (Fsp3) is 0.469. The number of carbonyl (C=O) groups excluding carboxylic acids is 4. The molecule has 1 aliphatic rings. The number of hydrogen-bond acceptors (Lipinski definition) is 7. The molecule has 10 heteroatoms. The van der Waals surface area contributed by atoms with Crippen molar-refractivity contribution in [2.75, 3.05) is 6.54 Å². The summed E-state index contributed by atoms with van der Waals surface area (Å²) in [4.78, 5) is 56.1. The van der Waals surface area contributed by atoms with Crippen molar-refractivity contribution >= 4 is 40.5 Å². The molecule has 42 heavy (non-hydrogen) atoms.